The first-order valence-corrected chi connectivity index (χ1v) is 6.15. The van der Waals surface area contributed by atoms with Gasteiger partial charge in [0.25, 0.3) is 0 Å². The summed E-state index contributed by atoms with van der Waals surface area (Å²) in [5.74, 6) is -0.270. The zero-order chi connectivity index (χ0) is 12.4. The van der Waals surface area contributed by atoms with Crippen molar-refractivity contribution in [3.05, 3.63) is 69.4 Å². The van der Waals surface area contributed by atoms with Gasteiger partial charge in [0, 0.05) is 10.0 Å². The molecule has 0 bridgehead atoms. The maximum atomic E-state index is 13.7. The Balaban J connectivity index is 2.47. The second-order valence-electron chi connectivity index (χ2n) is 4.02. The number of benzene rings is 2. The minimum atomic E-state index is -0.453. The first kappa shape index (κ1) is 12.3. The first-order valence-electron chi connectivity index (χ1n) is 5.35. The van der Waals surface area contributed by atoms with Gasteiger partial charge in [0.1, 0.15) is 5.82 Å². The molecule has 2 N–H and O–H groups in total. The Morgan fingerprint density at radius 2 is 1.82 bits per heavy atom. The largest absolute Gasteiger partial charge is 0.320 e. The van der Waals surface area contributed by atoms with E-state index in [1.165, 1.54) is 6.07 Å². The lowest BCUT2D eigenvalue weighted by atomic mass is 9.98. The van der Waals surface area contributed by atoms with Crippen molar-refractivity contribution in [3.63, 3.8) is 0 Å². The van der Waals surface area contributed by atoms with E-state index in [0.717, 1.165) is 15.6 Å². The molecule has 2 rings (SSSR count). The lowest BCUT2D eigenvalue weighted by Crippen LogP contribution is -2.14. The SMILES string of the molecule is Cc1ccc(Br)c(C(N)c2ccccc2F)c1. The molecular weight excluding hydrogens is 281 g/mol. The normalized spacial score (nSPS) is 12.5. The van der Waals surface area contributed by atoms with Crippen LogP contribution in [0.2, 0.25) is 0 Å². The molecule has 0 fully saturated rings. The van der Waals surface area contributed by atoms with E-state index in [1.54, 1.807) is 18.2 Å². The van der Waals surface area contributed by atoms with Crippen LogP contribution in [-0.2, 0) is 0 Å². The van der Waals surface area contributed by atoms with Gasteiger partial charge in [-0.15, -0.1) is 0 Å². The minimum Gasteiger partial charge on any atom is -0.320 e. The van der Waals surface area contributed by atoms with Crippen LogP contribution in [0.5, 0.6) is 0 Å². The molecule has 2 aromatic rings. The molecule has 0 aliphatic rings. The van der Waals surface area contributed by atoms with Gasteiger partial charge < -0.3 is 5.73 Å². The molecule has 2 aromatic carbocycles. The van der Waals surface area contributed by atoms with Crippen LogP contribution in [0, 0.1) is 12.7 Å². The molecule has 3 heteroatoms. The molecule has 0 heterocycles. The monoisotopic (exact) mass is 293 g/mol. The Morgan fingerprint density at radius 3 is 2.53 bits per heavy atom. The smallest absolute Gasteiger partial charge is 0.128 e. The predicted octanol–water partition coefficient (Wildman–Crippen LogP) is 3.94. The van der Waals surface area contributed by atoms with Gasteiger partial charge in [0.2, 0.25) is 0 Å². The van der Waals surface area contributed by atoms with Crippen molar-refractivity contribution in [2.24, 2.45) is 5.73 Å². The molecule has 1 atom stereocenters. The highest BCUT2D eigenvalue weighted by molar-refractivity contribution is 9.10. The minimum absolute atomic E-state index is 0.270. The second-order valence-corrected chi connectivity index (χ2v) is 4.88. The summed E-state index contributed by atoms with van der Waals surface area (Å²) in [4.78, 5) is 0. The van der Waals surface area contributed by atoms with Crippen molar-refractivity contribution in [1.82, 2.24) is 0 Å². The van der Waals surface area contributed by atoms with Gasteiger partial charge in [-0.2, -0.15) is 0 Å². The number of nitrogens with two attached hydrogens (primary N) is 1. The molecule has 0 radical (unpaired) electrons. The van der Waals surface area contributed by atoms with E-state index in [9.17, 15) is 4.39 Å². The van der Waals surface area contributed by atoms with Gasteiger partial charge in [0.05, 0.1) is 6.04 Å². The zero-order valence-electron chi connectivity index (χ0n) is 9.45. The molecule has 17 heavy (non-hydrogen) atoms. The summed E-state index contributed by atoms with van der Waals surface area (Å²) >= 11 is 3.45. The van der Waals surface area contributed by atoms with Crippen LogP contribution in [0.4, 0.5) is 4.39 Å². The fraction of sp³-hybridized carbons (Fsp3) is 0.143. The number of hydrogen-bond donors (Lipinski definition) is 1. The van der Waals surface area contributed by atoms with Gasteiger partial charge >= 0.3 is 0 Å². The Morgan fingerprint density at radius 1 is 1.12 bits per heavy atom. The summed E-state index contributed by atoms with van der Waals surface area (Å²) < 4.78 is 14.6. The van der Waals surface area contributed by atoms with Crippen LogP contribution < -0.4 is 5.73 Å². The Kier molecular flexibility index (Phi) is 3.60. The van der Waals surface area contributed by atoms with Gasteiger partial charge in [-0.3, -0.25) is 0 Å². The summed E-state index contributed by atoms with van der Waals surface area (Å²) in [6.45, 7) is 1.99. The van der Waals surface area contributed by atoms with Crippen molar-refractivity contribution in [3.8, 4) is 0 Å². The summed E-state index contributed by atoms with van der Waals surface area (Å²) in [6, 6.07) is 12.0. The molecule has 0 saturated carbocycles. The molecule has 0 saturated heterocycles. The van der Waals surface area contributed by atoms with Gasteiger partial charge in [-0.1, -0.05) is 51.8 Å². The van der Waals surface area contributed by atoms with E-state index < -0.39 is 6.04 Å². The van der Waals surface area contributed by atoms with Gasteiger partial charge in [-0.25, -0.2) is 4.39 Å². The lowest BCUT2D eigenvalue weighted by Gasteiger charge is -2.15. The van der Waals surface area contributed by atoms with E-state index >= 15 is 0 Å². The summed E-state index contributed by atoms with van der Waals surface area (Å²) in [7, 11) is 0. The quantitative estimate of drug-likeness (QED) is 0.892. The molecule has 0 aliphatic heterocycles. The molecule has 0 spiro atoms. The van der Waals surface area contributed by atoms with E-state index in [1.807, 2.05) is 25.1 Å². The standard InChI is InChI=1S/C14H13BrFN/c1-9-6-7-12(15)11(8-9)14(17)10-4-2-3-5-13(10)16/h2-8,14H,17H2,1H3. The Hall–Kier alpha value is -1.19. The first-order chi connectivity index (χ1) is 8.09. The fourth-order valence-electron chi connectivity index (χ4n) is 1.80. The van der Waals surface area contributed by atoms with E-state index in [0.29, 0.717) is 5.56 Å². The van der Waals surface area contributed by atoms with Crippen molar-refractivity contribution >= 4 is 15.9 Å². The van der Waals surface area contributed by atoms with Crippen LogP contribution in [0.3, 0.4) is 0 Å². The van der Waals surface area contributed by atoms with E-state index in [-0.39, 0.29) is 5.82 Å². The highest BCUT2D eigenvalue weighted by Gasteiger charge is 2.15. The fourth-order valence-corrected chi connectivity index (χ4v) is 2.29. The highest BCUT2D eigenvalue weighted by atomic mass is 79.9. The van der Waals surface area contributed by atoms with Crippen molar-refractivity contribution in [2.45, 2.75) is 13.0 Å². The van der Waals surface area contributed by atoms with Crippen LogP contribution in [-0.4, -0.2) is 0 Å². The molecule has 88 valence electrons. The maximum Gasteiger partial charge on any atom is 0.128 e. The predicted molar refractivity (Wildman–Crippen MR) is 71.3 cm³/mol. The Bertz CT molecular complexity index is 539. The van der Waals surface area contributed by atoms with Crippen molar-refractivity contribution in [1.29, 1.82) is 0 Å². The molecule has 1 unspecified atom stereocenters. The summed E-state index contributed by atoms with van der Waals surface area (Å²) in [6.07, 6.45) is 0. The average molecular weight is 294 g/mol. The number of aryl methyl sites for hydroxylation is 1. The third-order valence-corrected chi connectivity index (χ3v) is 3.45. The molecule has 1 nitrogen and oxygen atoms in total. The number of halogens is 2. The van der Waals surface area contributed by atoms with Crippen LogP contribution in [0.15, 0.2) is 46.9 Å². The van der Waals surface area contributed by atoms with Crippen molar-refractivity contribution in [2.75, 3.05) is 0 Å². The number of hydrogen-bond acceptors (Lipinski definition) is 1. The van der Waals surface area contributed by atoms with Gasteiger partial charge in [-0.05, 0) is 24.6 Å². The van der Waals surface area contributed by atoms with Crippen LogP contribution in [0.25, 0.3) is 0 Å². The third-order valence-electron chi connectivity index (χ3n) is 2.73. The molecule has 0 aliphatic carbocycles. The zero-order valence-corrected chi connectivity index (χ0v) is 11.0. The molecular formula is C14H13BrFN. The Labute approximate surface area is 109 Å². The molecule has 0 amide bonds. The maximum absolute atomic E-state index is 13.7. The van der Waals surface area contributed by atoms with Crippen molar-refractivity contribution < 1.29 is 4.39 Å². The highest BCUT2D eigenvalue weighted by Crippen LogP contribution is 2.28. The van der Waals surface area contributed by atoms with Crippen LogP contribution in [0.1, 0.15) is 22.7 Å². The third kappa shape index (κ3) is 2.56. The second kappa shape index (κ2) is 4.98. The summed E-state index contributed by atoms with van der Waals surface area (Å²) in [5, 5.41) is 0. The van der Waals surface area contributed by atoms with Crippen LogP contribution >= 0.6 is 15.9 Å². The number of rotatable bonds is 2. The lowest BCUT2D eigenvalue weighted by molar-refractivity contribution is 0.599. The topological polar surface area (TPSA) is 26.0 Å². The molecule has 0 aromatic heterocycles. The van der Waals surface area contributed by atoms with E-state index in [4.69, 9.17) is 5.73 Å². The average Bonchev–Trinajstić information content (AvgIpc) is 2.32. The van der Waals surface area contributed by atoms with E-state index in [2.05, 4.69) is 15.9 Å². The summed E-state index contributed by atoms with van der Waals surface area (Å²) in [5.41, 5.74) is 8.63. The van der Waals surface area contributed by atoms with Gasteiger partial charge in [0.15, 0.2) is 0 Å².